The van der Waals surface area contributed by atoms with Crippen molar-refractivity contribution in [2.24, 2.45) is 5.41 Å². The number of hydrogen-bond donors (Lipinski definition) is 1. The maximum absolute atomic E-state index is 12.5. The number of halogens is 1. The summed E-state index contributed by atoms with van der Waals surface area (Å²) >= 11 is 3.25. The summed E-state index contributed by atoms with van der Waals surface area (Å²) in [5.74, 6) is -1.18. The van der Waals surface area contributed by atoms with Crippen molar-refractivity contribution in [1.82, 2.24) is 4.90 Å². The molecule has 0 spiro atoms. The van der Waals surface area contributed by atoms with Crippen LogP contribution in [0.2, 0.25) is 0 Å². The topological polar surface area (TPSA) is 57.6 Å². The molecule has 0 aromatic heterocycles. The molecular formula is C15H18BrNO3. The fourth-order valence-corrected chi connectivity index (χ4v) is 2.79. The molecule has 0 heterocycles. The molecule has 2 rings (SSSR count). The lowest BCUT2D eigenvalue weighted by molar-refractivity contribution is 0.0684. The van der Waals surface area contributed by atoms with Gasteiger partial charge in [-0.3, -0.25) is 4.79 Å². The first-order valence-corrected chi connectivity index (χ1v) is 7.35. The third kappa shape index (κ3) is 2.87. The number of nitrogens with zero attached hydrogens (tertiary/aromatic N) is 1. The molecular weight excluding hydrogens is 322 g/mol. The van der Waals surface area contributed by atoms with Gasteiger partial charge in [0.25, 0.3) is 5.91 Å². The molecule has 1 N–H and O–H groups in total. The number of carbonyl (C=O) groups is 2. The molecule has 4 nitrogen and oxygen atoms in total. The summed E-state index contributed by atoms with van der Waals surface area (Å²) in [4.78, 5) is 25.3. The van der Waals surface area contributed by atoms with Gasteiger partial charge in [0.1, 0.15) is 0 Å². The van der Waals surface area contributed by atoms with Crippen LogP contribution in [0.3, 0.4) is 0 Å². The van der Waals surface area contributed by atoms with E-state index in [-0.39, 0.29) is 22.9 Å². The van der Waals surface area contributed by atoms with Crippen molar-refractivity contribution < 1.29 is 14.7 Å². The molecule has 5 heteroatoms. The second-order valence-corrected chi connectivity index (χ2v) is 6.70. The highest BCUT2D eigenvalue weighted by Gasteiger charge is 2.45. The Bertz CT molecular complexity index is 566. The highest BCUT2D eigenvalue weighted by atomic mass is 79.9. The molecule has 108 valence electrons. The molecule has 20 heavy (non-hydrogen) atoms. The van der Waals surface area contributed by atoms with Crippen molar-refractivity contribution >= 4 is 27.8 Å². The van der Waals surface area contributed by atoms with Gasteiger partial charge in [-0.05, 0) is 43.4 Å². The van der Waals surface area contributed by atoms with E-state index in [1.165, 1.54) is 12.1 Å². The Balaban J connectivity index is 2.26. The summed E-state index contributed by atoms with van der Waals surface area (Å²) in [5.41, 5.74) is 0.711. The van der Waals surface area contributed by atoms with Gasteiger partial charge in [0.2, 0.25) is 0 Å². The van der Waals surface area contributed by atoms with E-state index in [0.29, 0.717) is 10.0 Å². The quantitative estimate of drug-likeness (QED) is 0.914. The second-order valence-electron chi connectivity index (χ2n) is 5.78. The average Bonchev–Trinajstić information content (AvgIpc) is 3.14. The number of benzene rings is 1. The highest BCUT2D eigenvalue weighted by molar-refractivity contribution is 9.10. The zero-order chi connectivity index (χ0) is 15.1. The van der Waals surface area contributed by atoms with Crippen LogP contribution in [-0.4, -0.2) is 35.0 Å². The van der Waals surface area contributed by atoms with E-state index in [1.54, 1.807) is 18.0 Å². The Kier molecular flexibility index (Phi) is 3.91. The fraction of sp³-hybridized carbons (Fsp3) is 0.467. The number of carboxylic acids is 1. The Morgan fingerprint density at radius 3 is 2.35 bits per heavy atom. The van der Waals surface area contributed by atoms with Crippen LogP contribution in [0, 0.1) is 5.41 Å². The molecule has 1 saturated carbocycles. The largest absolute Gasteiger partial charge is 0.478 e. The number of hydrogen-bond acceptors (Lipinski definition) is 2. The van der Waals surface area contributed by atoms with Crippen LogP contribution in [-0.2, 0) is 0 Å². The van der Waals surface area contributed by atoms with E-state index in [4.69, 9.17) is 5.11 Å². The van der Waals surface area contributed by atoms with Gasteiger partial charge in [0.05, 0.1) is 5.56 Å². The highest BCUT2D eigenvalue weighted by Crippen LogP contribution is 2.49. The lowest BCUT2D eigenvalue weighted by Gasteiger charge is -2.30. The summed E-state index contributed by atoms with van der Waals surface area (Å²) in [6.45, 7) is 4.21. The lowest BCUT2D eigenvalue weighted by atomic mass is 9.98. The van der Waals surface area contributed by atoms with Gasteiger partial charge in [-0.25, -0.2) is 4.79 Å². The normalized spacial score (nSPS) is 17.4. The van der Waals surface area contributed by atoms with Gasteiger partial charge < -0.3 is 10.0 Å². The average molecular weight is 340 g/mol. The monoisotopic (exact) mass is 339 g/mol. The Morgan fingerprint density at radius 1 is 1.30 bits per heavy atom. The van der Waals surface area contributed by atoms with Crippen LogP contribution in [0.25, 0.3) is 0 Å². The van der Waals surface area contributed by atoms with E-state index < -0.39 is 5.97 Å². The molecule has 1 atom stereocenters. The Hall–Kier alpha value is -1.36. The van der Waals surface area contributed by atoms with E-state index >= 15 is 0 Å². The van der Waals surface area contributed by atoms with Crippen molar-refractivity contribution in [3.8, 4) is 0 Å². The first-order valence-electron chi connectivity index (χ1n) is 6.56. The van der Waals surface area contributed by atoms with Gasteiger partial charge in [-0.2, -0.15) is 0 Å². The first-order chi connectivity index (χ1) is 9.24. The molecule has 1 amide bonds. The number of carbonyl (C=O) groups excluding carboxylic acids is 1. The maximum Gasteiger partial charge on any atom is 0.335 e. The van der Waals surface area contributed by atoms with E-state index in [0.717, 1.165) is 12.8 Å². The zero-order valence-corrected chi connectivity index (χ0v) is 13.4. The third-order valence-electron chi connectivity index (χ3n) is 4.34. The number of amides is 1. The predicted molar refractivity (Wildman–Crippen MR) is 80.0 cm³/mol. The molecule has 1 aliphatic rings. The van der Waals surface area contributed by atoms with Crippen molar-refractivity contribution in [1.29, 1.82) is 0 Å². The van der Waals surface area contributed by atoms with Crippen molar-refractivity contribution in [3.63, 3.8) is 0 Å². The molecule has 1 aromatic rings. The smallest absolute Gasteiger partial charge is 0.335 e. The predicted octanol–water partition coefficient (Wildman–Crippen LogP) is 3.41. The van der Waals surface area contributed by atoms with Gasteiger partial charge in [0, 0.05) is 23.1 Å². The molecule has 0 saturated heterocycles. The van der Waals surface area contributed by atoms with Crippen LogP contribution in [0.1, 0.15) is 47.4 Å². The van der Waals surface area contributed by atoms with Crippen molar-refractivity contribution in [2.45, 2.75) is 32.7 Å². The Morgan fingerprint density at radius 2 is 1.85 bits per heavy atom. The lowest BCUT2D eigenvalue weighted by Crippen LogP contribution is -2.40. The van der Waals surface area contributed by atoms with Crippen LogP contribution < -0.4 is 0 Å². The summed E-state index contributed by atoms with van der Waals surface area (Å²) in [6, 6.07) is 4.72. The van der Waals surface area contributed by atoms with Crippen LogP contribution in [0.15, 0.2) is 22.7 Å². The van der Waals surface area contributed by atoms with Gasteiger partial charge in [-0.1, -0.05) is 22.9 Å². The minimum Gasteiger partial charge on any atom is -0.478 e. The molecule has 0 bridgehead atoms. The second kappa shape index (κ2) is 5.20. The van der Waals surface area contributed by atoms with Crippen LogP contribution >= 0.6 is 15.9 Å². The number of carboxylic acid groups (broad SMARTS) is 1. The molecule has 0 radical (unpaired) electrons. The summed E-state index contributed by atoms with van der Waals surface area (Å²) in [5, 5.41) is 9.06. The fourth-order valence-electron chi connectivity index (χ4n) is 2.30. The summed E-state index contributed by atoms with van der Waals surface area (Å²) in [6.07, 6.45) is 2.26. The molecule has 1 aromatic carbocycles. The number of aromatic carboxylic acids is 1. The first kappa shape index (κ1) is 15.0. The van der Waals surface area contributed by atoms with E-state index in [2.05, 4.69) is 22.9 Å². The molecule has 0 aliphatic heterocycles. The minimum absolute atomic E-state index is 0.112. The Labute approximate surface area is 126 Å². The van der Waals surface area contributed by atoms with Crippen molar-refractivity contribution in [2.75, 3.05) is 7.05 Å². The van der Waals surface area contributed by atoms with E-state index in [1.807, 2.05) is 6.92 Å². The molecule has 1 unspecified atom stereocenters. The van der Waals surface area contributed by atoms with Crippen LogP contribution in [0.5, 0.6) is 0 Å². The number of rotatable bonds is 4. The van der Waals surface area contributed by atoms with Crippen LogP contribution in [0.4, 0.5) is 0 Å². The van der Waals surface area contributed by atoms with E-state index in [9.17, 15) is 9.59 Å². The SMILES string of the molecule is CC(N(C)C(=O)c1cc(Br)cc(C(=O)O)c1)C1(C)CC1. The zero-order valence-electron chi connectivity index (χ0n) is 11.8. The van der Waals surface area contributed by atoms with Crippen molar-refractivity contribution in [3.05, 3.63) is 33.8 Å². The molecule has 1 aliphatic carbocycles. The third-order valence-corrected chi connectivity index (χ3v) is 4.80. The summed E-state index contributed by atoms with van der Waals surface area (Å²) in [7, 11) is 1.78. The van der Waals surface area contributed by atoms with Gasteiger partial charge >= 0.3 is 5.97 Å². The van der Waals surface area contributed by atoms with Gasteiger partial charge in [-0.15, -0.1) is 0 Å². The molecule has 1 fully saturated rings. The van der Waals surface area contributed by atoms with Gasteiger partial charge in [0.15, 0.2) is 0 Å². The minimum atomic E-state index is -1.04. The summed E-state index contributed by atoms with van der Waals surface area (Å²) < 4.78 is 0.597. The standard InChI is InChI=1S/C15H18BrNO3/c1-9(15(2)4-5-15)17(3)13(18)10-6-11(14(19)20)8-12(16)7-10/h6-9H,4-5H2,1-3H3,(H,19,20). The maximum atomic E-state index is 12.5.